The van der Waals surface area contributed by atoms with E-state index in [4.69, 9.17) is 0 Å². The van der Waals surface area contributed by atoms with E-state index in [1.165, 1.54) is 12.1 Å². The smallest absolute Gasteiger partial charge is 0.226 e. The van der Waals surface area contributed by atoms with E-state index in [1.54, 1.807) is 12.1 Å². The maximum absolute atomic E-state index is 13.2. The Hall–Kier alpha value is -1.42. The third-order valence-corrected chi connectivity index (χ3v) is 4.37. The summed E-state index contributed by atoms with van der Waals surface area (Å²) in [6.07, 6.45) is 4.61. The van der Waals surface area contributed by atoms with E-state index in [1.807, 2.05) is 11.9 Å². The zero-order chi connectivity index (χ0) is 15.2. The number of carbonyl (C=O) groups excluding carboxylic acids is 1. The van der Waals surface area contributed by atoms with Crippen molar-refractivity contribution in [3.8, 4) is 0 Å². The highest BCUT2D eigenvalue weighted by Crippen LogP contribution is 2.23. The highest BCUT2D eigenvalue weighted by Gasteiger charge is 2.26. The van der Waals surface area contributed by atoms with Crippen LogP contribution in [0.1, 0.15) is 38.2 Å². The molecule has 2 rings (SSSR count). The van der Waals surface area contributed by atoms with Crippen molar-refractivity contribution >= 4 is 5.91 Å². The van der Waals surface area contributed by atoms with E-state index in [0.29, 0.717) is 12.1 Å². The molecule has 0 spiro atoms. The molecule has 1 N–H and O–H groups in total. The van der Waals surface area contributed by atoms with Gasteiger partial charge in [0.2, 0.25) is 5.91 Å². The van der Waals surface area contributed by atoms with Crippen LogP contribution in [0.5, 0.6) is 0 Å². The molecule has 0 aliphatic heterocycles. The highest BCUT2D eigenvalue weighted by molar-refractivity contribution is 5.78. The molecule has 1 aliphatic rings. The lowest BCUT2D eigenvalue weighted by Gasteiger charge is -2.35. The van der Waals surface area contributed by atoms with Crippen LogP contribution >= 0.6 is 0 Å². The predicted molar refractivity (Wildman–Crippen MR) is 82.6 cm³/mol. The SMILES string of the molecule is CCNC1CCC(N(C)C(=O)Cc2cccc(F)c2)CC1. The van der Waals surface area contributed by atoms with Crippen LogP contribution < -0.4 is 5.32 Å². The molecule has 0 unspecified atom stereocenters. The van der Waals surface area contributed by atoms with Gasteiger partial charge in [-0.1, -0.05) is 19.1 Å². The fraction of sp³-hybridized carbons (Fsp3) is 0.588. The summed E-state index contributed by atoms with van der Waals surface area (Å²) in [5.74, 6) is -0.207. The maximum Gasteiger partial charge on any atom is 0.226 e. The number of amides is 1. The largest absolute Gasteiger partial charge is 0.342 e. The van der Waals surface area contributed by atoms with Gasteiger partial charge in [0.15, 0.2) is 0 Å². The van der Waals surface area contributed by atoms with Gasteiger partial charge < -0.3 is 10.2 Å². The molecule has 1 fully saturated rings. The van der Waals surface area contributed by atoms with Gasteiger partial charge in [0.1, 0.15) is 5.82 Å². The first-order valence-electron chi connectivity index (χ1n) is 7.83. The van der Waals surface area contributed by atoms with Gasteiger partial charge in [-0.05, 0) is 49.9 Å². The van der Waals surface area contributed by atoms with E-state index in [2.05, 4.69) is 12.2 Å². The molecule has 1 aromatic carbocycles. The Bertz CT molecular complexity index is 470. The Morgan fingerprint density at radius 3 is 2.67 bits per heavy atom. The van der Waals surface area contributed by atoms with Gasteiger partial charge >= 0.3 is 0 Å². The van der Waals surface area contributed by atoms with Crippen LogP contribution in [0, 0.1) is 5.82 Å². The molecule has 116 valence electrons. The van der Waals surface area contributed by atoms with Crippen molar-refractivity contribution in [3.05, 3.63) is 35.6 Å². The van der Waals surface area contributed by atoms with E-state index in [0.717, 1.165) is 37.8 Å². The molecule has 1 aliphatic carbocycles. The molecule has 3 nitrogen and oxygen atoms in total. The van der Waals surface area contributed by atoms with Crippen LogP contribution in [0.15, 0.2) is 24.3 Å². The van der Waals surface area contributed by atoms with E-state index in [9.17, 15) is 9.18 Å². The standard InChI is InChI=1S/C17H25FN2O/c1-3-19-15-7-9-16(10-8-15)20(2)17(21)12-13-5-4-6-14(18)11-13/h4-6,11,15-16,19H,3,7-10,12H2,1-2H3. The molecule has 0 heterocycles. The number of halogens is 1. The Balaban J connectivity index is 1.85. The van der Waals surface area contributed by atoms with Gasteiger partial charge in [-0.3, -0.25) is 4.79 Å². The number of likely N-dealkylation sites (N-methyl/N-ethyl adjacent to an activating group) is 1. The zero-order valence-electron chi connectivity index (χ0n) is 12.9. The van der Waals surface area contributed by atoms with Crippen LogP contribution in [-0.4, -0.2) is 36.5 Å². The van der Waals surface area contributed by atoms with Crippen molar-refractivity contribution in [2.45, 2.75) is 51.1 Å². The fourth-order valence-corrected chi connectivity index (χ4v) is 3.11. The average Bonchev–Trinajstić information content (AvgIpc) is 2.47. The quantitative estimate of drug-likeness (QED) is 0.905. The number of benzene rings is 1. The molecule has 0 aromatic heterocycles. The fourth-order valence-electron chi connectivity index (χ4n) is 3.11. The van der Waals surface area contributed by atoms with E-state index < -0.39 is 0 Å². The van der Waals surface area contributed by atoms with Crippen molar-refractivity contribution < 1.29 is 9.18 Å². The topological polar surface area (TPSA) is 32.3 Å². The molecule has 1 amide bonds. The van der Waals surface area contributed by atoms with Crippen molar-refractivity contribution in [3.63, 3.8) is 0 Å². The molecule has 0 saturated heterocycles. The van der Waals surface area contributed by atoms with Gasteiger partial charge in [0.05, 0.1) is 6.42 Å². The van der Waals surface area contributed by atoms with Crippen LogP contribution in [0.2, 0.25) is 0 Å². The Kier molecular flexibility index (Phi) is 5.74. The Morgan fingerprint density at radius 1 is 1.33 bits per heavy atom. The van der Waals surface area contributed by atoms with Gasteiger partial charge in [-0.15, -0.1) is 0 Å². The van der Waals surface area contributed by atoms with Gasteiger partial charge in [-0.25, -0.2) is 4.39 Å². The molecule has 0 atom stereocenters. The molecule has 4 heteroatoms. The number of hydrogen-bond donors (Lipinski definition) is 1. The van der Waals surface area contributed by atoms with Gasteiger partial charge in [0, 0.05) is 19.1 Å². The van der Waals surface area contributed by atoms with Crippen LogP contribution in [0.25, 0.3) is 0 Å². The van der Waals surface area contributed by atoms with Crippen LogP contribution in [0.3, 0.4) is 0 Å². The maximum atomic E-state index is 13.2. The normalized spacial score (nSPS) is 22.0. The lowest BCUT2D eigenvalue weighted by atomic mass is 9.90. The molecular formula is C17H25FN2O. The average molecular weight is 292 g/mol. The minimum Gasteiger partial charge on any atom is -0.342 e. The summed E-state index contributed by atoms with van der Waals surface area (Å²) >= 11 is 0. The third kappa shape index (κ3) is 4.53. The minimum absolute atomic E-state index is 0.0764. The van der Waals surface area contributed by atoms with Gasteiger partial charge in [0.25, 0.3) is 0 Å². The molecule has 0 radical (unpaired) electrons. The molecular weight excluding hydrogens is 267 g/mol. The zero-order valence-corrected chi connectivity index (χ0v) is 12.9. The number of rotatable bonds is 5. The first-order chi connectivity index (χ1) is 10.1. The second kappa shape index (κ2) is 7.55. The van der Waals surface area contributed by atoms with E-state index >= 15 is 0 Å². The molecule has 21 heavy (non-hydrogen) atoms. The van der Waals surface area contributed by atoms with Crippen molar-refractivity contribution in [1.82, 2.24) is 10.2 Å². The molecule has 1 saturated carbocycles. The number of carbonyl (C=O) groups is 1. The minimum atomic E-state index is -0.283. The van der Waals surface area contributed by atoms with Crippen molar-refractivity contribution in [1.29, 1.82) is 0 Å². The lowest BCUT2D eigenvalue weighted by molar-refractivity contribution is -0.131. The Labute approximate surface area is 126 Å². The third-order valence-electron chi connectivity index (χ3n) is 4.37. The van der Waals surface area contributed by atoms with Crippen LogP contribution in [-0.2, 0) is 11.2 Å². The summed E-state index contributed by atoms with van der Waals surface area (Å²) in [6, 6.07) is 7.21. The summed E-state index contributed by atoms with van der Waals surface area (Å²) in [7, 11) is 1.87. The first-order valence-corrected chi connectivity index (χ1v) is 7.83. The highest BCUT2D eigenvalue weighted by atomic mass is 19.1. The second-order valence-corrected chi connectivity index (χ2v) is 5.87. The number of nitrogens with one attached hydrogen (secondary N) is 1. The molecule has 1 aromatic rings. The summed E-state index contributed by atoms with van der Waals surface area (Å²) in [6.45, 7) is 3.13. The first kappa shape index (κ1) is 16.0. The van der Waals surface area contributed by atoms with Crippen LogP contribution in [0.4, 0.5) is 4.39 Å². The van der Waals surface area contributed by atoms with E-state index in [-0.39, 0.29) is 18.1 Å². The van der Waals surface area contributed by atoms with Crippen molar-refractivity contribution in [2.24, 2.45) is 0 Å². The second-order valence-electron chi connectivity index (χ2n) is 5.87. The number of nitrogens with zero attached hydrogens (tertiary/aromatic N) is 1. The van der Waals surface area contributed by atoms with Crippen molar-refractivity contribution in [2.75, 3.05) is 13.6 Å². The lowest BCUT2D eigenvalue weighted by Crippen LogP contribution is -2.43. The molecule has 0 bridgehead atoms. The summed E-state index contributed by atoms with van der Waals surface area (Å²) in [5.41, 5.74) is 0.744. The Morgan fingerprint density at radius 2 is 2.05 bits per heavy atom. The predicted octanol–water partition coefficient (Wildman–Crippen LogP) is 2.75. The summed E-state index contributed by atoms with van der Waals surface area (Å²) in [5, 5.41) is 3.47. The summed E-state index contributed by atoms with van der Waals surface area (Å²) < 4.78 is 13.2. The summed E-state index contributed by atoms with van der Waals surface area (Å²) in [4.78, 5) is 14.2. The monoisotopic (exact) mass is 292 g/mol. The number of hydrogen-bond acceptors (Lipinski definition) is 2. The van der Waals surface area contributed by atoms with Gasteiger partial charge in [-0.2, -0.15) is 0 Å².